The SMILES string of the molecule is COC(=O)c1c(OC)cncc1-c1ccc(Cl)c(Cl)c1Cl. The Hall–Kier alpha value is -1.49. The number of nitrogens with zero attached hydrogens (tertiary/aromatic N) is 1. The van der Waals surface area contributed by atoms with Crippen molar-refractivity contribution in [2.45, 2.75) is 0 Å². The maximum absolute atomic E-state index is 12.0. The van der Waals surface area contributed by atoms with E-state index in [9.17, 15) is 4.79 Å². The third kappa shape index (κ3) is 2.93. The van der Waals surface area contributed by atoms with Gasteiger partial charge in [-0.2, -0.15) is 0 Å². The van der Waals surface area contributed by atoms with E-state index in [2.05, 4.69) is 4.98 Å². The van der Waals surface area contributed by atoms with Crippen molar-refractivity contribution in [2.75, 3.05) is 14.2 Å². The highest BCUT2D eigenvalue weighted by Gasteiger charge is 2.22. The zero-order valence-electron chi connectivity index (χ0n) is 11.1. The van der Waals surface area contributed by atoms with Gasteiger partial charge in [-0.15, -0.1) is 0 Å². The van der Waals surface area contributed by atoms with Crippen LogP contribution in [0.4, 0.5) is 0 Å². The summed E-state index contributed by atoms with van der Waals surface area (Å²) >= 11 is 18.2. The van der Waals surface area contributed by atoms with Crippen LogP contribution < -0.4 is 4.74 Å². The van der Waals surface area contributed by atoms with E-state index in [1.807, 2.05) is 0 Å². The number of methoxy groups -OCH3 is 2. The topological polar surface area (TPSA) is 48.4 Å². The highest BCUT2D eigenvalue weighted by Crippen LogP contribution is 2.40. The fourth-order valence-electron chi connectivity index (χ4n) is 1.85. The molecule has 0 atom stereocenters. The van der Waals surface area contributed by atoms with Crippen molar-refractivity contribution >= 4 is 40.8 Å². The molecule has 0 spiro atoms. The third-order valence-corrected chi connectivity index (χ3v) is 4.14. The minimum atomic E-state index is -0.564. The molecule has 0 saturated carbocycles. The number of benzene rings is 1. The first-order valence-corrected chi connectivity index (χ1v) is 6.88. The lowest BCUT2D eigenvalue weighted by atomic mass is 10.0. The molecular formula is C14H10Cl3NO3. The maximum atomic E-state index is 12.0. The van der Waals surface area contributed by atoms with Crippen molar-refractivity contribution in [3.63, 3.8) is 0 Å². The van der Waals surface area contributed by atoms with Crippen LogP contribution in [0.2, 0.25) is 15.1 Å². The Kier molecular flexibility index (Phi) is 4.93. The van der Waals surface area contributed by atoms with Crippen LogP contribution in [0.1, 0.15) is 10.4 Å². The van der Waals surface area contributed by atoms with Crippen molar-refractivity contribution in [1.82, 2.24) is 4.98 Å². The molecule has 1 aromatic heterocycles. The molecule has 1 heterocycles. The number of hydrogen-bond donors (Lipinski definition) is 0. The van der Waals surface area contributed by atoms with E-state index in [1.165, 1.54) is 26.6 Å². The van der Waals surface area contributed by atoms with Crippen LogP contribution in [0.5, 0.6) is 5.75 Å². The summed E-state index contributed by atoms with van der Waals surface area (Å²) < 4.78 is 9.94. The second-order valence-electron chi connectivity index (χ2n) is 3.98. The number of pyridine rings is 1. The lowest BCUT2D eigenvalue weighted by Crippen LogP contribution is -2.07. The maximum Gasteiger partial charge on any atom is 0.342 e. The van der Waals surface area contributed by atoms with E-state index >= 15 is 0 Å². The van der Waals surface area contributed by atoms with Gasteiger partial charge in [-0.25, -0.2) is 4.79 Å². The van der Waals surface area contributed by atoms with Gasteiger partial charge in [-0.1, -0.05) is 40.9 Å². The molecule has 0 fully saturated rings. The Bertz CT molecular complexity index is 704. The first-order chi connectivity index (χ1) is 10.0. The van der Waals surface area contributed by atoms with E-state index in [-0.39, 0.29) is 21.4 Å². The lowest BCUT2D eigenvalue weighted by molar-refractivity contribution is 0.0598. The number of carbonyl (C=O) groups excluding carboxylic acids is 1. The number of rotatable bonds is 3. The van der Waals surface area contributed by atoms with Gasteiger partial charge in [0.05, 0.1) is 35.5 Å². The summed E-state index contributed by atoms with van der Waals surface area (Å²) in [4.78, 5) is 16.1. The molecule has 4 nitrogen and oxygen atoms in total. The normalized spacial score (nSPS) is 10.3. The smallest absolute Gasteiger partial charge is 0.342 e. The molecule has 0 bridgehead atoms. The van der Waals surface area contributed by atoms with Crippen LogP contribution in [0.15, 0.2) is 24.5 Å². The number of carbonyl (C=O) groups is 1. The fraction of sp³-hybridized carbons (Fsp3) is 0.143. The van der Waals surface area contributed by atoms with Crippen LogP contribution in [0.3, 0.4) is 0 Å². The molecule has 110 valence electrons. The fourth-order valence-corrected chi connectivity index (χ4v) is 2.48. The van der Waals surface area contributed by atoms with E-state index < -0.39 is 5.97 Å². The molecule has 0 aliphatic carbocycles. The van der Waals surface area contributed by atoms with Crippen LogP contribution in [0, 0.1) is 0 Å². The van der Waals surface area contributed by atoms with Crippen LogP contribution in [0.25, 0.3) is 11.1 Å². The quantitative estimate of drug-likeness (QED) is 0.606. The number of halogens is 3. The Morgan fingerprint density at radius 3 is 2.38 bits per heavy atom. The van der Waals surface area contributed by atoms with E-state index in [0.717, 1.165) is 0 Å². The number of ether oxygens (including phenoxy) is 2. The molecule has 1 aromatic carbocycles. The first-order valence-electron chi connectivity index (χ1n) is 5.75. The van der Waals surface area contributed by atoms with E-state index in [0.29, 0.717) is 16.1 Å². The Balaban J connectivity index is 2.75. The molecule has 7 heteroatoms. The molecule has 0 saturated heterocycles. The van der Waals surface area contributed by atoms with Gasteiger partial charge in [0.1, 0.15) is 5.56 Å². The van der Waals surface area contributed by atoms with Gasteiger partial charge in [0, 0.05) is 17.3 Å². The standard InChI is InChI=1S/C14H10Cl3NO3/c1-20-10-6-18-5-8(11(10)14(19)21-2)7-3-4-9(15)13(17)12(7)16/h3-6H,1-2H3. The number of hydrogen-bond acceptors (Lipinski definition) is 4. The highest BCUT2D eigenvalue weighted by molar-refractivity contribution is 6.49. The zero-order valence-corrected chi connectivity index (χ0v) is 13.4. The minimum Gasteiger partial charge on any atom is -0.494 e. The second-order valence-corrected chi connectivity index (χ2v) is 5.14. The van der Waals surface area contributed by atoms with Crippen molar-refractivity contribution in [2.24, 2.45) is 0 Å². The Labute approximate surface area is 136 Å². The molecule has 0 amide bonds. The van der Waals surface area contributed by atoms with Gasteiger partial charge in [0.15, 0.2) is 5.75 Å². The number of esters is 1. The number of aromatic nitrogens is 1. The van der Waals surface area contributed by atoms with Crippen LogP contribution in [-0.2, 0) is 4.74 Å². The molecule has 2 aromatic rings. The molecule has 0 radical (unpaired) electrons. The largest absolute Gasteiger partial charge is 0.494 e. The van der Waals surface area contributed by atoms with Crippen LogP contribution >= 0.6 is 34.8 Å². The third-order valence-electron chi connectivity index (χ3n) is 2.85. The van der Waals surface area contributed by atoms with Crippen molar-refractivity contribution < 1.29 is 14.3 Å². The van der Waals surface area contributed by atoms with Gasteiger partial charge in [0.25, 0.3) is 0 Å². The molecule has 0 unspecified atom stereocenters. The van der Waals surface area contributed by atoms with Crippen LogP contribution in [-0.4, -0.2) is 25.2 Å². The van der Waals surface area contributed by atoms with E-state index in [1.54, 1.807) is 12.1 Å². The summed E-state index contributed by atoms with van der Waals surface area (Å²) in [6.45, 7) is 0. The first kappa shape index (κ1) is 15.9. The molecule has 21 heavy (non-hydrogen) atoms. The Morgan fingerprint density at radius 2 is 1.76 bits per heavy atom. The van der Waals surface area contributed by atoms with Crippen molar-refractivity contribution in [3.8, 4) is 16.9 Å². The Morgan fingerprint density at radius 1 is 1.05 bits per heavy atom. The monoisotopic (exact) mass is 345 g/mol. The molecule has 0 N–H and O–H groups in total. The summed E-state index contributed by atoms with van der Waals surface area (Å²) in [5, 5.41) is 0.750. The summed E-state index contributed by atoms with van der Waals surface area (Å²) in [5.41, 5.74) is 1.18. The zero-order chi connectivity index (χ0) is 15.6. The summed E-state index contributed by atoms with van der Waals surface area (Å²) in [7, 11) is 2.71. The van der Waals surface area contributed by atoms with Gasteiger partial charge < -0.3 is 9.47 Å². The molecule has 0 aliphatic heterocycles. The molecular weight excluding hydrogens is 337 g/mol. The van der Waals surface area contributed by atoms with Gasteiger partial charge in [-0.3, -0.25) is 4.98 Å². The predicted octanol–water partition coefficient (Wildman–Crippen LogP) is 4.50. The average molecular weight is 347 g/mol. The van der Waals surface area contributed by atoms with Gasteiger partial charge in [0.2, 0.25) is 0 Å². The van der Waals surface area contributed by atoms with Gasteiger partial charge in [-0.05, 0) is 6.07 Å². The average Bonchev–Trinajstić information content (AvgIpc) is 2.51. The summed E-state index contributed by atoms with van der Waals surface area (Å²) in [6, 6.07) is 3.24. The summed E-state index contributed by atoms with van der Waals surface area (Å²) in [6.07, 6.45) is 2.90. The molecule has 0 aliphatic rings. The highest BCUT2D eigenvalue weighted by atomic mass is 35.5. The van der Waals surface area contributed by atoms with Crippen molar-refractivity contribution in [3.05, 3.63) is 45.2 Å². The minimum absolute atomic E-state index is 0.203. The summed E-state index contributed by atoms with van der Waals surface area (Å²) in [5.74, 6) is -0.284. The molecule has 2 rings (SSSR count). The van der Waals surface area contributed by atoms with Crippen molar-refractivity contribution in [1.29, 1.82) is 0 Å². The predicted molar refractivity (Wildman–Crippen MR) is 82.6 cm³/mol. The van der Waals surface area contributed by atoms with E-state index in [4.69, 9.17) is 44.3 Å². The second kappa shape index (κ2) is 6.52. The lowest BCUT2D eigenvalue weighted by Gasteiger charge is -2.13. The van der Waals surface area contributed by atoms with Gasteiger partial charge >= 0.3 is 5.97 Å².